The maximum atomic E-state index is 12.1. The molecule has 4 nitrogen and oxygen atoms in total. The minimum absolute atomic E-state index is 0.0263. The molecule has 0 radical (unpaired) electrons. The molecule has 1 aliphatic heterocycles. The van der Waals surface area contributed by atoms with Gasteiger partial charge in [0, 0.05) is 18.7 Å². The van der Waals surface area contributed by atoms with E-state index in [4.69, 9.17) is 4.74 Å². The van der Waals surface area contributed by atoms with E-state index in [-0.39, 0.29) is 5.91 Å². The van der Waals surface area contributed by atoms with Crippen LogP contribution >= 0.6 is 0 Å². The number of benzene rings is 2. The molecule has 2 aromatic carbocycles. The van der Waals surface area contributed by atoms with Crippen LogP contribution in [0, 0.1) is 6.92 Å². The Morgan fingerprint density at radius 1 is 1.18 bits per heavy atom. The molecule has 0 saturated carbocycles. The molecule has 0 aromatic heterocycles. The van der Waals surface area contributed by atoms with Crippen molar-refractivity contribution >= 4 is 11.6 Å². The van der Waals surface area contributed by atoms with Crippen molar-refractivity contribution in [3.8, 4) is 5.75 Å². The van der Waals surface area contributed by atoms with E-state index in [0.29, 0.717) is 18.7 Å². The molecule has 1 heterocycles. The summed E-state index contributed by atoms with van der Waals surface area (Å²) >= 11 is 0. The standard InChI is InChI=1S/C18H20N2O2/c1-14-6-8-15(9-7-14)18(21)19-10-11-20-12-13-22-17-5-3-2-4-16(17)20/h2-9H,10-13H2,1H3,(H,19,21). The molecule has 0 fully saturated rings. The minimum Gasteiger partial charge on any atom is -0.490 e. The van der Waals surface area contributed by atoms with Gasteiger partial charge in [0.05, 0.1) is 12.2 Å². The van der Waals surface area contributed by atoms with Crippen LogP contribution in [0.15, 0.2) is 48.5 Å². The molecular weight excluding hydrogens is 276 g/mol. The number of para-hydroxylation sites is 2. The summed E-state index contributed by atoms with van der Waals surface area (Å²) in [7, 11) is 0. The van der Waals surface area contributed by atoms with Crippen LogP contribution in [-0.2, 0) is 0 Å². The van der Waals surface area contributed by atoms with Gasteiger partial charge in [-0.05, 0) is 31.2 Å². The Balaban J connectivity index is 1.55. The van der Waals surface area contributed by atoms with Gasteiger partial charge < -0.3 is 15.0 Å². The smallest absolute Gasteiger partial charge is 0.251 e. The fourth-order valence-corrected chi connectivity index (χ4v) is 2.57. The first-order chi connectivity index (χ1) is 10.7. The maximum absolute atomic E-state index is 12.1. The molecule has 1 amide bonds. The van der Waals surface area contributed by atoms with Crippen molar-refractivity contribution in [3.63, 3.8) is 0 Å². The third-order valence-electron chi connectivity index (χ3n) is 3.81. The van der Waals surface area contributed by atoms with Crippen molar-refractivity contribution in [2.24, 2.45) is 0 Å². The predicted molar refractivity (Wildman–Crippen MR) is 87.7 cm³/mol. The molecule has 4 heteroatoms. The number of ether oxygens (including phenoxy) is 1. The molecule has 2 aromatic rings. The van der Waals surface area contributed by atoms with Crippen LogP contribution in [0.4, 0.5) is 5.69 Å². The Morgan fingerprint density at radius 3 is 2.77 bits per heavy atom. The van der Waals surface area contributed by atoms with Crippen molar-refractivity contribution in [1.29, 1.82) is 0 Å². The van der Waals surface area contributed by atoms with Gasteiger partial charge in [0.15, 0.2) is 0 Å². The Bertz CT molecular complexity index is 652. The average Bonchev–Trinajstić information content (AvgIpc) is 2.55. The number of hydrogen-bond donors (Lipinski definition) is 1. The lowest BCUT2D eigenvalue weighted by Crippen LogP contribution is -2.39. The molecule has 1 aliphatic rings. The third-order valence-corrected chi connectivity index (χ3v) is 3.81. The molecule has 1 N–H and O–H groups in total. The fourth-order valence-electron chi connectivity index (χ4n) is 2.57. The van der Waals surface area contributed by atoms with E-state index in [9.17, 15) is 4.79 Å². The zero-order valence-electron chi connectivity index (χ0n) is 12.7. The number of rotatable bonds is 4. The predicted octanol–water partition coefficient (Wildman–Crippen LogP) is 2.62. The number of fused-ring (bicyclic) bond motifs is 1. The second-order valence-corrected chi connectivity index (χ2v) is 5.43. The summed E-state index contributed by atoms with van der Waals surface area (Å²) in [4.78, 5) is 14.3. The van der Waals surface area contributed by atoms with Gasteiger partial charge in [-0.25, -0.2) is 0 Å². The summed E-state index contributed by atoms with van der Waals surface area (Å²) in [6.07, 6.45) is 0. The molecule has 114 valence electrons. The number of amides is 1. The van der Waals surface area contributed by atoms with E-state index < -0.39 is 0 Å². The van der Waals surface area contributed by atoms with Gasteiger partial charge in [0.2, 0.25) is 0 Å². The van der Waals surface area contributed by atoms with Crippen LogP contribution in [0.1, 0.15) is 15.9 Å². The molecule has 0 spiro atoms. The quantitative estimate of drug-likeness (QED) is 0.943. The maximum Gasteiger partial charge on any atom is 0.251 e. The summed E-state index contributed by atoms with van der Waals surface area (Å²) in [5.41, 5.74) is 2.95. The van der Waals surface area contributed by atoms with Gasteiger partial charge in [-0.1, -0.05) is 29.8 Å². The highest BCUT2D eigenvalue weighted by Crippen LogP contribution is 2.30. The summed E-state index contributed by atoms with van der Waals surface area (Å²) < 4.78 is 5.63. The van der Waals surface area contributed by atoms with E-state index in [2.05, 4.69) is 16.3 Å². The highest BCUT2D eigenvalue weighted by atomic mass is 16.5. The summed E-state index contributed by atoms with van der Waals surface area (Å²) in [6, 6.07) is 15.6. The Kier molecular flexibility index (Phi) is 4.28. The van der Waals surface area contributed by atoms with Crippen molar-refractivity contribution < 1.29 is 9.53 Å². The monoisotopic (exact) mass is 296 g/mol. The first-order valence-electron chi connectivity index (χ1n) is 7.56. The summed E-state index contributed by atoms with van der Waals surface area (Å²) in [5.74, 6) is 0.889. The van der Waals surface area contributed by atoms with Crippen molar-refractivity contribution in [1.82, 2.24) is 5.32 Å². The van der Waals surface area contributed by atoms with Crippen molar-refractivity contribution in [2.75, 3.05) is 31.1 Å². The molecule has 0 bridgehead atoms. The number of anilines is 1. The number of aryl methyl sites for hydroxylation is 1. The van der Waals surface area contributed by atoms with Crippen molar-refractivity contribution in [3.05, 3.63) is 59.7 Å². The first kappa shape index (κ1) is 14.4. The first-order valence-corrected chi connectivity index (χ1v) is 7.56. The van der Waals surface area contributed by atoms with Crippen LogP contribution in [0.2, 0.25) is 0 Å². The number of nitrogens with zero attached hydrogens (tertiary/aromatic N) is 1. The summed E-state index contributed by atoms with van der Waals surface area (Å²) in [6.45, 7) is 4.93. The molecule has 0 saturated heterocycles. The zero-order chi connectivity index (χ0) is 15.4. The lowest BCUT2D eigenvalue weighted by Gasteiger charge is -2.31. The zero-order valence-corrected chi connectivity index (χ0v) is 12.7. The fraction of sp³-hybridized carbons (Fsp3) is 0.278. The highest BCUT2D eigenvalue weighted by Gasteiger charge is 2.17. The Hall–Kier alpha value is -2.49. The molecule has 3 rings (SSSR count). The molecule has 22 heavy (non-hydrogen) atoms. The van der Waals surface area contributed by atoms with E-state index in [1.807, 2.05) is 49.4 Å². The lowest BCUT2D eigenvalue weighted by molar-refractivity contribution is 0.0954. The van der Waals surface area contributed by atoms with Gasteiger partial charge in [0.25, 0.3) is 5.91 Å². The number of nitrogens with one attached hydrogen (secondary N) is 1. The Morgan fingerprint density at radius 2 is 1.95 bits per heavy atom. The number of carbonyl (C=O) groups is 1. The third kappa shape index (κ3) is 3.22. The van der Waals surface area contributed by atoms with Gasteiger partial charge in [-0.2, -0.15) is 0 Å². The number of hydrogen-bond acceptors (Lipinski definition) is 3. The van der Waals surface area contributed by atoms with Gasteiger partial charge >= 0.3 is 0 Å². The highest BCUT2D eigenvalue weighted by molar-refractivity contribution is 5.94. The minimum atomic E-state index is -0.0263. The van der Waals surface area contributed by atoms with Gasteiger partial charge in [0.1, 0.15) is 12.4 Å². The van der Waals surface area contributed by atoms with Crippen LogP contribution in [-0.4, -0.2) is 32.1 Å². The van der Waals surface area contributed by atoms with E-state index in [1.54, 1.807) is 0 Å². The van der Waals surface area contributed by atoms with Crippen LogP contribution in [0.5, 0.6) is 5.75 Å². The van der Waals surface area contributed by atoms with Crippen LogP contribution in [0.3, 0.4) is 0 Å². The van der Waals surface area contributed by atoms with E-state index in [0.717, 1.165) is 30.1 Å². The van der Waals surface area contributed by atoms with Crippen molar-refractivity contribution in [2.45, 2.75) is 6.92 Å². The molecule has 0 aliphatic carbocycles. The van der Waals surface area contributed by atoms with E-state index in [1.165, 1.54) is 0 Å². The second kappa shape index (κ2) is 6.52. The normalized spacial score (nSPS) is 13.2. The molecule has 0 atom stereocenters. The van der Waals surface area contributed by atoms with E-state index >= 15 is 0 Å². The van der Waals surface area contributed by atoms with Crippen LogP contribution < -0.4 is 15.0 Å². The second-order valence-electron chi connectivity index (χ2n) is 5.43. The summed E-state index contributed by atoms with van der Waals surface area (Å²) in [5, 5.41) is 2.98. The lowest BCUT2D eigenvalue weighted by atomic mass is 10.1. The molecular formula is C18H20N2O2. The van der Waals surface area contributed by atoms with Crippen LogP contribution in [0.25, 0.3) is 0 Å². The molecule has 0 unspecified atom stereocenters. The SMILES string of the molecule is Cc1ccc(C(=O)NCCN2CCOc3ccccc32)cc1. The number of carbonyl (C=O) groups excluding carboxylic acids is 1. The average molecular weight is 296 g/mol. The van der Waals surface area contributed by atoms with Gasteiger partial charge in [-0.15, -0.1) is 0 Å². The topological polar surface area (TPSA) is 41.6 Å². The van der Waals surface area contributed by atoms with Gasteiger partial charge in [-0.3, -0.25) is 4.79 Å². The Labute approximate surface area is 130 Å². The largest absolute Gasteiger partial charge is 0.490 e.